The fourth-order valence-electron chi connectivity index (χ4n) is 3.02. The van der Waals surface area contributed by atoms with E-state index < -0.39 is 0 Å². The highest BCUT2D eigenvalue weighted by atomic mass is 16.6. The van der Waals surface area contributed by atoms with Crippen LogP contribution in [-0.2, 0) is 14.3 Å². The van der Waals surface area contributed by atoms with Crippen LogP contribution in [0.1, 0.15) is 59.8 Å². The van der Waals surface area contributed by atoms with E-state index in [0.29, 0.717) is 24.4 Å². The molecule has 3 atom stereocenters. The maximum absolute atomic E-state index is 11.9. The van der Waals surface area contributed by atoms with Crippen LogP contribution < -0.4 is 0 Å². The summed E-state index contributed by atoms with van der Waals surface area (Å²) in [7, 11) is 0. The average molecular weight is 296 g/mol. The van der Waals surface area contributed by atoms with Crippen LogP contribution in [0.3, 0.4) is 0 Å². The molecule has 0 N–H and O–H groups in total. The summed E-state index contributed by atoms with van der Waals surface area (Å²) in [5.41, 5.74) is 0. The molecule has 1 fully saturated rings. The van der Waals surface area contributed by atoms with Gasteiger partial charge in [-0.2, -0.15) is 0 Å². The van der Waals surface area contributed by atoms with Crippen LogP contribution in [0, 0.1) is 17.8 Å². The Hall–Kier alpha value is -0.830. The summed E-state index contributed by atoms with van der Waals surface area (Å²) in [4.78, 5) is 11.9. The number of hydrogen-bond donors (Lipinski definition) is 0. The van der Waals surface area contributed by atoms with Gasteiger partial charge in [-0.05, 0) is 37.0 Å². The number of carbonyl (C=O) groups excluding carboxylic acids is 1. The summed E-state index contributed by atoms with van der Waals surface area (Å²) in [5.74, 6) is 1.49. The fraction of sp³-hybridized carbons (Fsp3) is 0.833. The second-order valence-electron chi connectivity index (χ2n) is 6.63. The topological polar surface area (TPSA) is 35.5 Å². The van der Waals surface area contributed by atoms with Crippen molar-refractivity contribution < 1.29 is 14.3 Å². The first-order chi connectivity index (χ1) is 10.0. The summed E-state index contributed by atoms with van der Waals surface area (Å²) in [6.45, 7) is 9.37. The minimum absolute atomic E-state index is 0.0617. The van der Waals surface area contributed by atoms with Gasteiger partial charge in [0.25, 0.3) is 0 Å². The first-order valence-corrected chi connectivity index (χ1v) is 8.46. The van der Waals surface area contributed by atoms with Crippen LogP contribution in [0.2, 0.25) is 0 Å². The second-order valence-corrected chi connectivity index (χ2v) is 6.63. The zero-order valence-electron chi connectivity index (χ0n) is 14.1. The van der Waals surface area contributed by atoms with Crippen LogP contribution in [-0.4, -0.2) is 25.3 Å². The van der Waals surface area contributed by atoms with Gasteiger partial charge in [-0.15, -0.1) is 0 Å². The lowest BCUT2D eigenvalue weighted by atomic mass is 9.75. The van der Waals surface area contributed by atoms with Crippen molar-refractivity contribution in [2.45, 2.75) is 65.9 Å². The van der Waals surface area contributed by atoms with E-state index in [9.17, 15) is 4.79 Å². The van der Waals surface area contributed by atoms with Gasteiger partial charge in [0.05, 0.1) is 6.61 Å². The van der Waals surface area contributed by atoms with Crippen molar-refractivity contribution in [3.8, 4) is 0 Å². The van der Waals surface area contributed by atoms with Crippen molar-refractivity contribution >= 4 is 5.97 Å². The Kier molecular flexibility index (Phi) is 8.67. The molecule has 1 aliphatic carbocycles. The molecule has 3 heteroatoms. The van der Waals surface area contributed by atoms with Crippen molar-refractivity contribution in [3.05, 3.63) is 12.2 Å². The van der Waals surface area contributed by atoms with Gasteiger partial charge < -0.3 is 9.47 Å². The maximum Gasteiger partial charge on any atom is 0.332 e. The first-order valence-electron chi connectivity index (χ1n) is 8.46. The highest BCUT2D eigenvalue weighted by Gasteiger charge is 2.33. The van der Waals surface area contributed by atoms with E-state index in [1.165, 1.54) is 6.42 Å². The Bertz CT molecular complexity index is 322. The number of hydrogen-bond acceptors (Lipinski definition) is 3. The minimum Gasteiger partial charge on any atom is -0.460 e. The molecule has 122 valence electrons. The quantitative estimate of drug-likeness (QED) is 0.379. The highest BCUT2D eigenvalue weighted by Crippen LogP contribution is 2.35. The number of ether oxygens (including phenoxy) is 2. The Morgan fingerprint density at radius 3 is 2.71 bits per heavy atom. The fourth-order valence-corrected chi connectivity index (χ4v) is 3.02. The number of unbranched alkanes of at least 4 members (excludes halogenated alkanes) is 1. The van der Waals surface area contributed by atoms with Gasteiger partial charge in [0.2, 0.25) is 0 Å². The van der Waals surface area contributed by atoms with Crippen LogP contribution in [0.15, 0.2) is 12.2 Å². The van der Waals surface area contributed by atoms with Gasteiger partial charge in [0.15, 0.2) is 0 Å². The average Bonchev–Trinajstić information content (AvgIpc) is 2.42. The van der Waals surface area contributed by atoms with Gasteiger partial charge in [-0.3, -0.25) is 0 Å². The zero-order chi connectivity index (χ0) is 15.7. The summed E-state index contributed by atoms with van der Waals surface area (Å²) in [6.07, 6.45) is 9.72. The summed E-state index contributed by atoms with van der Waals surface area (Å²) < 4.78 is 11.0. The zero-order valence-corrected chi connectivity index (χ0v) is 14.1. The van der Waals surface area contributed by atoms with E-state index in [4.69, 9.17) is 9.47 Å². The number of rotatable bonds is 8. The van der Waals surface area contributed by atoms with Crippen molar-refractivity contribution in [2.24, 2.45) is 17.8 Å². The van der Waals surface area contributed by atoms with E-state index in [1.54, 1.807) is 0 Å². The summed E-state index contributed by atoms with van der Waals surface area (Å²) in [6, 6.07) is 0. The molecule has 0 aliphatic heterocycles. The van der Waals surface area contributed by atoms with Gasteiger partial charge >= 0.3 is 5.97 Å². The van der Waals surface area contributed by atoms with Crippen LogP contribution in [0.5, 0.6) is 0 Å². The molecule has 0 spiro atoms. The first kappa shape index (κ1) is 18.2. The summed E-state index contributed by atoms with van der Waals surface area (Å²) >= 11 is 0. The molecule has 0 aromatic carbocycles. The molecule has 0 aromatic heterocycles. The maximum atomic E-state index is 11.9. The third-order valence-corrected chi connectivity index (χ3v) is 4.30. The van der Waals surface area contributed by atoms with E-state index in [1.807, 2.05) is 6.08 Å². The molecular weight excluding hydrogens is 264 g/mol. The molecule has 0 unspecified atom stereocenters. The molecule has 0 heterocycles. The van der Waals surface area contributed by atoms with Crippen LogP contribution in [0.25, 0.3) is 0 Å². The molecular formula is C18H32O3. The van der Waals surface area contributed by atoms with Crippen LogP contribution >= 0.6 is 0 Å². The molecule has 3 nitrogen and oxygen atoms in total. The largest absolute Gasteiger partial charge is 0.460 e. The standard InChI is InChI=1S/C18H32O3/c1-5-6-7-8-11-20-13-18(19)21-17-12-15(4)9-10-16(17)14(2)3/h7-8,14-17H,5-6,9-13H2,1-4H3/b8-7+/t15-,16+,17-/m1/s1. The minimum atomic E-state index is -0.219. The molecule has 0 aromatic rings. The molecule has 21 heavy (non-hydrogen) atoms. The lowest BCUT2D eigenvalue weighted by Gasteiger charge is -2.36. The van der Waals surface area contributed by atoms with E-state index >= 15 is 0 Å². The lowest BCUT2D eigenvalue weighted by molar-refractivity contribution is -0.160. The third-order valence-electron chi connectivity index (χ3n) is 4.30. The SMILES string of the molecule is CCC/C=C/COCC(=O)O[C@@H]1C[C@H](C)CC[C@H]1C(C)C. The molecule has 0 saturated heterocycles. The highest BCUT2D eigenvalue weighted by molar-refractivity contribution is 5.70. The summed E-state index contributed by atoms with van der Waals surface area (Å²) in [5, 5.41) is 0. The smallest absolute Gasteiger partial charge is 0.332 e. The van der Waals surface area contributed by atoms with E-state index in [0.717, 1.165) is 25.7 Å². The molecule has 0 amide bonds. The van der Waals surface area contributed by atoms with Crippen molar-refractivity contribution in [1.82, 2.24) is 0 Å². The van der Waals surface area contributed by atoms with E-state index in [2.05, 4.69) is 33.8 Å². The monoisotopic (exact) mass is 296 g/mol. The van der Waals surface area contributed by atoms with E-state index in [-0.39, 0.29) is 18.7 Å². The van der Waals surface area contributed by atoms with Crippen molar-refractivity contribution in [3.63, 3.8) is 0 Å². The van der Waals surface area contributed by atoms with Gasteiger partial charge in [0, 0.05) is 0 Å². The molecule has 0 bridgehead atoms. The Balaban J connectivity index is 2.30. The third kappa shape index (κ3) is 7.12. The molecule has 0 radical (unpaired) electrons. The molecule has 1 rings (SSSR count). The normalized spacial score (nSPS) is 26.4. The van der Waals surface area contributed by atoms with Gasteiger partial charge in [-0.1, -0.05) is 52.7 Å². The lowest BCUT2D eigenvalue weighted by Crippen LogP contribution is -2.36. The predicted molar refractivity (Wildman–Crippen MR) is 86.1 cm³/mol. The molecule has 1 aliphatic rings. The number of esters is 1. The van der Waals surface area contributed by atoms with Crippen molar-refractivity contribution in [2.75, 3.05) is 13.2 Å². The van der Waals surface area contributed by atoms with Crippen LogP contribution in [0.4, 0.5) is 0 Å². The second kappa shape index (κ2) is 9.99. The Morgan fingerprint density at radius 2 is 2.05 bits per heavy atom. The molecule has 1 saturated carbocycles. The Morgan fingerprint density at radius 1 is 1.29 bits per heavy atom. The number of allylic oxidation sites excluding steroid dienone is 1. The predicted octanol–water partition coefficient (Wildman–Crippen LogP) is 4.36. The Labute approximate surface area is 130 Å². The van der Waals surface area contributed by atoms with Gasteiger partial charge in [-0.25, -0.2) is 4.79 Å². The van der Waals surface area contributed by atoms with Gasteiger partial charge in [0.1, 0.15) is 12.7 Å². The van der Waals surface area contributed by atoms with Crippen molar-refractivity contribution in [1.29, 1.82) is 0 Å². The number of carbonyl (C=O) groups is 1.